The summed E-state index contributed by atoms with van der Waals surface area (Å²) < 4.78 is 36.1. The molecular weight excluding hydrogens is 307 g/mol. The lowest BCUT2D eigenvalue weighted by molar-refractivity contribution is -0.120. The number of nitrogens with one attached hydrogen (secondary N) is 1. The minimum Gasteiger partial charge on any atom is -0.362 e. The van der Waals surface area contributed by atoms with Crippen molar-refractivity contribution in [1.82, 2.24) is 5.32 Å². The van der Waals surface area contributed by atoms with Gasteiger partial charge in [0.2, 0.25) is 5.91 Å². The Balaban J connectivity index is 1.63. The number of carbonyl (C=O) groups is 1. The minimum absolute atomic E-state index is 0.0283. The number of nitrogens with zero attached hydrogens (tertiary/aromatic N) is 1. The Morgan fingerprint density at radius 3 is 2.95 bits per heavy atom. The van der Waals surface area contributed by atoms with Gasteiger partial charge >= 0.3 is 0 Å². The number of benzene rings is 1. The Hall–Kier alpha value is -1.63. The van der Waals surface area contributed by atoms with Gasteiger partial charge in [-0.3, -0.25) is 4.79 Å². The van der Waals surface area contributed by atoms with Crippen LogP contribution in [-0.4, -0.2) is 45.0 Å². The summed E-state index contributed by atoms with van der Waals surface area (Å²) in [5, 5.41) is 2.79. The molecule has 1 aromatic rings. The zero-order chi connectivity index (χ0) is 15.7. The quantitative estimate of drug-likeness (QED) is 0.895. The first-order chi connectivity index (χ1) is 10.4. The van der Waals surface area contributed by atoms with Gasteiger partial charge in [-0.1, -0.05) is 0 Å². The molecular formula is C15H19FN2O3S. The predicted octanol–water partition coefficient (Wildman–Crippen LogP) is 0.882. The zero-order valence-corrected chi connectivity index (χ0v) is 13.0. The highest BCUT2D eigenvalue weighted by Crippen LogP contribution is 2.27. The van der Waals surface area contributed by atoms with Crippen LogP contribution in [0.4, 0.5) is 10.1 Å². The summed E-state index contributed by atoms with van der Waals surface area (Å²) in [5.74, 6) is -0.273. The van der Waals surface area contributed by atoms with Gasteiger partial charge < -0.3 is 10.2 Å². The van der Waals surface area contributed by atoms with E-state index in [1.807, 2.05) is 4.90 Å². The van der Waals surface area contributed by atoms with E-state index in [9.17, 15) is 17.6 Å². The van der Waals surface area contributed by atoms with Crippen LogP contribution >= 0.6 is 0 Å². The number of anilines is 1. The lowest BCUT2D eigenvalue weighted by Gasteiger charge is -2.31. The first kappa shape index (κ1) is 15.3. The molecule has 1 unspecified atom stereocenters. The SMILES string of the molecule is O=C(CN1CCCc2cc(F)ccc21)NC1CCS(=O)(=O)C1. The molecule has 1 fully saturated rings. The maximum absolute atomic E-state index is 13.3. The highest BCUT2D eigenvalue weighted by Gasteiger charge is 2.29. The first-order valence-corrected chi connectivity index (χ1v) is 9.28. The smallest absolute Gasteiger partial charge is 0.239 e. The van der Waals surface area contributed by atoms with Crippen LogP contribution < -0.4 is 10.2 Å². The second kappa shape index (κ2) is 5.87. The average molecular weight is 326 g/mol. The van der Waals surface area contributed by atoms with Crippen LogP contribution in [0, 0.1) is 5.82 Å². The molecule has 0 aromatic heterocycles. The van der Waals surface area contributed by atoms with Crippen molar-refractivity contribution in [2.45, 2.75) is 25.3 Å². The Bertz CT molecular complexity index is 690. The Labute approximate surface area is 129 Å². The standard InChI is InChI=1S/C15H19FN2O3S/c16-12-3-4-14-11(8-12)2-1-6-18(14)9-15(19)17-13-5-7-22(20,21)10-13/h3-4,8,13H,1-2,5-7,9-10H2,(H,17,19). The highest BCUT2D eigenvalue weighted by atomic mass is 32.2. The minimum atomic E-state index is -3.00. The monoisotopic (exact) mass is 326 g/mol. The van der Waals surface area contributed by atoms with Crippen molar-refractivity contribution in [2.75, 3.05) is 29.5 Å². The van der Waals surface area contributed by atoms with Crippen molar-refractivity contribution in [3.63, 3.8) is 0 Å². The number of halogens is 1. The zero-order valence-electron chi connectivity index (χ0n) is 12.2. The molecule has 2 aliphatic heterocycles. The summed E-state index contributed by atoms with van der Waals surface area (Å²) in [6.07, 6.45) is 2.17. The Morgan fingerprint density at radius 2 is 2.23 bits per heavy atom. The van der Waals surface area contributed by atoms with Gasteiger partial charge in [-0.05, 0) is 43.0 Å². The van der Waals surface area contributed by atoms with E-state index < -0.39 is 9.84 Å². The number of rotatable bonds is 3. The molecule has 120 valence electrons. The van der Waals surface area contributed by atoms with E-state index in [4.69, 9.17) is 0 Å². The second-order valence-corrected chi connectivity index (χ2v) is 8.19. The largest absolute Gasteiger partial charge is 0.362 e. The number of hydrogen-bond acceptors (Lipinski definition) is 4. The molecule has 1 atom stereocenters. The van der Waals surface area contributed by atoms with Crippen LogP contribution in [0.25, 0.3) is 0 Å². The average Bonchev–Trinajstić information content (AvgIpc) is 2.77. The molecule has 1 saturated heterocycles. The molecule has 1 amide bonds. The summed E-state index contributed by atoms with van der Waals surface area (Å²) >= 11 is 0. The molecule has 22 heavy (non-hydrogen) atoms. The third-order valence-corrected chi connectivity index (χ3v) is 5.96. The van der Waals surface area contributed by atoms with Crippen molar-refractivity contribution in [3.05, 3.63) is 29.6 Å². The molecule has 1 N–H and O–H groups in total. The van der Waals surface area contributed by atoms with E-state index in [0.29, 0.717) is 6.42 Å². The Kier molecular flexibility index (Phi) is 4.08. The van der Waals surface area contributed by atoms with Crippen molar-refractivity contribution < 1.29 is 17.6 Å². The second-order valence-electron chi connectivity index (χ2n) is 5.97. The van der Waals surface area contributed by atoms with Crippen LogP contribution in [0.15, 0.2) is 18.2 Å². The summed E-state index contributed by atoms with van der Waals surface area (Å²) in [7, 11) is -3.00. The van der Waals surface area contributed by atoms with Crippen LogP contribution in [0.2, 0.25) is 0 Å². The van der Waals surface area contributed by atoms with Gasteiger partial charge in [0.05, 0.1) is 18.1 Å². The van der Waals surface area contributed by atoms with E-state index in [2.05, 4.69) is 5.32 Å². The predicted molar refractivity (Wildman–Crippen MR) is 82.1 cm³/mol. The summed E-state index contributed by atoms with van der Waals surface area (Å²) in [5.41, 5.74) is 1.81. The molecule has 0 bridgehead atoms. The van der Waals surface area contributed by atoms with Crippen LogP contribution in [0.3, 0.4) is 0 Å². The highest BCUT2D eigenvalue weighted by molar-refractivity contribution is 7.91. The fourth-order valence-corrected chi connectivity index (χ4v) is 4.84. The molecule has 2 aliphatic rings. The Morgan fingerprint density at radius 1 is 1.41 bits per heavy atom. The number of fused-ring (bicyclic) bond motifs is 1. The van der Waals surface area contributed by atoms with E-state index in [-0.39, 0.29) is 35.8 Å². The van der Waals surface area contributed by atoms with Crippen molar-refractivity contribution in [1.29, 1.82) is 0 Å². The van der Waals surface area contributed by atoms with Gasteiger partial charge in [0.15, 0.2) is 9.84 Å². The molecule has 0 saturated carbocycles. The van der Waals surface area contributed by atoms with E-state index >= 15 is 0 Å². The van der Waals surface area contributed by atoms with Crippen LogP contribution in [0.1, 0.15) is 18.4 Å². The van der Waals surface area contributed by atoms with Gasteiger partial charge in [0.25, 0.3) is 0 Å². The number of amides is 1. The van der Waals surface area contributed by atoms with E-state index in [1.165, 1.54) is 12.1 Å². The lowest BCUT2D eigenvalue weighted by Crippen LogP contribution is -2.44. The third kappa shape index (κ3) is 3.40. The van der Waals surface area contributed by atoms with Crippen molar-refractivity contribution in [2.24, 2.45) is 0 Å². The van der Waals surface area contributed by atoms with Gasteiger partial charge in [-0.15, -0.1) is 0 Å². The molecule has 0 radical (unpaired) electrons. The summed E-state index contributed by atoms with van der Waals surface area (Å²) in [6, 6.07) is 4.34. The summed E-state index contributed by atoms with van der Waals surface area (Å²) in [6.45, 7) is 0.921. The van der Waals surface area contributed by atoms with Gasteiger partial charge in [0, 0.05) is 18.3 Å². The van der Waals surface area contributed by atoms with Crippen molar-refractivity contribution in [3.8, 4) is 0 Å². The fraction of sp³-hybridized carbons (Fsp3) is 0.533. The molecule has 5 nitrogen and oxygen atoms in total. The lowest BCUT2D eigenvalue weighted by atomic mass is 10.0. The maximum atomic E-state index is 13.3. The number of aryl methyl sites for hydroxylation is 1. The first-order valence-electron chi connectivity index (χ1n) is 7.46. The van der Waals surface area contributed by atoms with Gasteiger partial charge in [-0.2, -0.15) is 0 Å². The molecule has 1 aromatic carbocycles. The molecule has 2 heterocycles. The van der Waals surface area contributed by atoms with Crippen LogP contribution in [-0.2, 0) is 21.1 Å². The summed E-state index contributed by atoms with van der Waals surface area (Å²) in [4.78, 5) is 14.1. The topological polar surface area (TPSA) is 66.5 Å². The van der Waals surface area contributed by atoms with E-state index in [1.54, 1.807) is 6.07 Å². The number of carbonyl (C=O) groups excluding carboxylic acids is 1. The van der Waals surface area contributed by atoms with Gasteiger partial charge in [0.1, 0.15) is 5.82 Å². The maximum Gasteiger partial charge on any atom is 0.239 e. The van der Waals surface area contributed by atoms with Crippen LogP contribution in [0.5, 0.6) is 0 Å². The normalized spacial score (nSPS) is 23.1. The van der Waals surface area contributed by atoms with Gasteiger partial charge in [-0.25, -0.2) is 12.8 Å². The third-order valence-electron chi connectivity index (χ3n) is 4.19. The molecule has 3 rings (SSSR count). The van der Waals surface area contributed by atoms with Crippen molar-refractivity contribution >= 4 is 21.4 Å². The number of sulfone groups is 1. The molecule has 0 spiro atoms. The number of hydrogen-bond donors (Lipinski definition) is 1. The fourth-order valence-electron chi connectivity index (χ4n) is 3.16. The van der Waals surface area contributed by atoms with E-state index in [0.717, 1.165) is 30.6 Å². The molecule has 7 heteroatoms. The molecule has 0 aliphatic carbocycles.